The molecule has 26 heavy (non-hydrogen) atoms. The van der Waals surface area contributed by atoms with Crippen LogP contribution in [0.1, 0.15) is 26.2 Å². The van der Waals surface area contributed by atoms with Gasteiger partial charge in [0, 0.05) is 19.2 Å². The molecular formula is C19H24N2O5. The van der Waals surface area contributed by atoms with E-state index >= 15 is 0 Å². The molecular weight excluding hydrogens is 336 g/mol. The van der Waals surface area contributed by atoms with Gasteiger partial charge in [-0.25, -0.2) is 4.57 Å². The van der Waals surface area contributed by atoms with Gasteiger partial charge in [0.2, 0.25) is 11.8 Å². The Morgan fingerprint density at radius 2 is 1.85 bits per heavy atom. The first kappa shape index (κ1) is 18.0. The molecule has 0 unspecified atom stereocenters. The number of piperidine rings is 1. The SMILES string of the molecule is CCCOc1ccc(-n2c(O)cc(N3CCC(C(=O)O)CC3)c2O)cc1. The molecule has 0 saturated carbocycles. The van der Waals surface area contributed by atoms with Gasteiger partial charge in [0.15, 0.2) is 0 Å². The van der Waals surface area contributed by atoms with E-state index in [4.69, 9.17) is 9.84 Å². The Hall–Kier alpha value is -2.83. The van der Waals surface area contributed by atoms with Gasteiger partial charge in [-0.2, -0.15) is 0 Å². The van der Waals surface area contributed by atoms with Crippen LogP contribution >= 0.6 is 0 Å². The average molecular weight is 360 g/mol. The maximum Gasteiger partial charge on any atom is 0.306 e. The monoisotopic (exact) mass is 360 g/mol. The Kier molecular flexibility index (Phi) is 5.25. The van der Waals surface area contributed by atoms with Gasteiger partial charge in [0.25, 0.3) is 0 Å². The molecule has 1 saturated heterocycles. The molecule has 1 aliphatic rings. The lowest BCUT2D eigenvalue weighted by atomic mass is 9.97. The van der Waals surface area contributed by atoms with E-state index in [1.165, 1.54) is 10.6 Å². The first-order chi connectivity index (χ1) is 12.5. The van der Waals surface area contributed by atoms with Crippen LogP contribution in [0.25, 0.3) is 5.69 Å². The average Bonchev–Trinajstić information content (AvgIpc) is 2.95. The number of rotatable bonds is 6. The summed E-state index contributed by atoms with van der Waals surface area (Å²) in [5.74, 6) is -0.518. The van der Waals surface area contributed by atoms with Crippen molar-refractivity contribution >= 4 is 11.7 Å². The highest BCUT2D eigenvalue weighted by Gasteiger charge is 2.28. The molecule has 1 aromatic heterocycles. The van der Waals surface area contributed by atoms with E-state index < -0.39 is 5.97 Å². The summed E-state index contributed by atoms with van der Waals surface area (Å²) in [6.45, 7) is 3.72. The third kappa shape index (κ3) is 3.56. The van der Waals surface area contributed by atoms with Gasteiger partial charge >= 0.3 is 5.97 Å². The molecule has 3 N–H and O–H groups in total. The fourth-order valence-corrected chi connectivity index (χ4v) is 3.24. The Morgan fingerprint density at radius 1 is 1.19 bits per heavy atom. The summed E-state index contributed by atoms with van der Waals surface area (Å²) in [5.41, 5.74) is 1.13. The standard InChI is InChI=1S/C19H24N2O5/c1-2-11-26-15-5-3-14(4-6-15)21-17(22)12-16(18(21)23)20-9-7-13(8-10-20)19(24)25/h3-6,12-13,22-23H,2,7-11H2,1H3,(H,24,25). The summed E-state index contributed by atoms with van der Waals surface area (Å²) >= 11 is 0. The lowest BCUT2D eigenvalue weighted by Crippen LogP contribution is -2.36. The third-order valence-corrected chi connectivity index (χ3v) is 4.69. The van der Waals surface area contributed by atoms with E-state index in [1.54, 1.807) is 24.3 Å². The number of ether oxygens (including phenoxy) is 1. The Labute approximate surface area is 152 Å². The van der Waals surface area contributed by atoms with E-state index in [1.807, 2.05) is 11.8 Å². The summed E-state index contributed by atoms with van der Waals surface area (Å²) in [6, 6.07) is 8.64. The molecule has 2 heterocycles. The lowest BCUT2D eigenvalue weighted by molar-refractivity contribution is -0.142. The van der Waals surface area contributed by atoms with Crippen molar-refractivity contribution in [2.24, 2.45) is 5.92 Å². The number of aromatic nitrogens is 1. The number of hydrogen-bond acceptors (Lipinski definition) is 5. The van der Waals surface area contributed by atoms with Crippen LogP contribution in [0.5, 0.6) is 17.5 Å². The number of carboxylic acid groups (broad SMARTS) is 1. The molecule has 7 heteroatoms. The van der Waals surface area contributed by atoms with Crippen LogP contribution < -0.4 is 9.64 Å². The van der Waals surface area contributed by atoms with Gasteiger partial charge in [0.1, 0.15) is 11.4 Å². The largest absolute Gasteiger partial charge is 0.494 e. The second-order valence-corrected chi connectivity index (χ2v) is 6.49. The molecule has 0 radical (unpaired) electrons. The molecule has 7 nitrogen and oxygen atoms in total. The zero-order valence-corrected chi connectivity index (χ0v) is 14.8. The minimum Gasteiger partial charge on any atom is -0.494 e. The Bertz CT molecular complexity index is 761. The number of carboxylic acids is 1. The quantitative estimate of drug-likeness (QED) is 0.733. The number of hydrogen-bond donors (Lipinski definition) is 3. The minimum absolute atomic E-state index is 0.0569. The topological polar surface area (TPSA) is 95.2 Å². The second-order valence-electron chi connectivity index (χ2n) is 6.49. The maximum atomic E-state index is 11.1. The zero-order valence-electron chi connectivity index (χ0n) is 14.8. The molecule has 0 amide bonds. The second kappa shape index (κ2) is 7.59. The van der Waals surface area contributed by atoms with Crippen molar-refractivity contribution in [2.75, 3.05) is 24.6 Å². The smallest absolute Gasteiger partial charge is 0.306 e. The van der Waals surface area contributed by atoms with E-state index in [-0.39, 0.29) is 17.7 Å². The number of aromatic hydroxyl groups is 2. The highest BCUT2D eigenvalue weighted by atomic mass is 16.5. The number of nitrogens with zero attached hydrogens (tertiary/aromatic N) is 2. The Morgan fingerprint density at radius 3 is 2.42 bits per heavy atom. The van der Waals surface area contributed by atoms with Crippen LogP contribution in [0.15, 0.2) is 30.3 Å². The number of benzene rings is 1. The van der Waals surface area contributed by atoms with Crippen molar-refractivity contribution in [2.45, 2.75) is 26.2 Å². The van der Waals surface area contributed by atoms with Crippen LogP contribution in [-0.4, -0.2) is 45.6 Å². The van der Waals surface area contributed by atoms with Gasteiger partial charge in [-0.1, -0.05) is 6.92 Å². The molecule has 1 aliphatic heterocycles. The van der Waals surface area contributed by atoms with Crippen LogP contribution in [0, 0.1) is 5.92 Å². The third-order valence-electron chi connectivity index (χ3n) is 4.69. The minimum atomic E-state index is -0.778. The fraction of sp³-hybridized carbons (Fsp3) is 0.421. The molecule has 2 aromatic rings. The van der Waals surface area contributed by atoms with E-state index in [0.29, 0.717) is 43.9 Å². The summed E-state index contributed by atoms with van der Waals surface area (Å²) < 4.78 is 6.91. The van der Waals surface area contributed by atoms with Gasteiger partial charge < -0.3 is 25.0 Å². The zero-order chi connectivity index (χ0) is 18.7. The first-order valence-corrected chi connectivity index (χ1v) is 8.86. The highest BCUT2D eigenvalue weighted by Crippen LogP contribution is 2.39. The van der Waals surface area contributed by atoms with E-state index in [9.17, 15) is 15.0 Å². The molecule has 0 bridgehead atoms. The summed E-state index contributed by atoms with van der Waals surface area (Å²) in [4.78, 5) is 13.0. The predicted molar refractivity (Wildman–Crippen MR) is 97.5 cm³/mol. The van der Waals surface area contributed by atoms with Crippen LogP contribution in [0.4, 0.5) is 5.69 Å². The summed E-state index contributed by atoms with van der Waals surface area (Å²) in [5, 5.41) is 30.0. The van der Waals surface area contributed by atoms with E-state index in [0.717, 1.165) is 12.2 Å². The molecule has 1 aromatic carbocycles. The molecule has 3 rings (SSSR count). The van der Waals surface area contributed by atoms with Crippen molar-refractivity contribution in [3.8, 4) is 23.2 Å². The van der Waals surface area contributed by atoms with Crippen LogP contribution in [-0.2, 0) is 4.79 Å². The van der Waals surface area contributed by atoms with Gasteiger partial charge in [-0.3, -0.25) is 4.79 Å². The normalized spacial score (nSPS) is 15.2. The van der Waals surface area contributed by atoms with Crippen LogP contribution in [0.2, 0.25) is 0 Å². The van der Waals surface area contributed by atoms with Gasteiger partial charge in [0.05, 0.1) is 18.2 Å². The van der Waals surface area contributed by atoms with Crippen molar-refractivity contribution in [1.82, 2.24) is 4.57 Å². The number of aliphatic carboxylic acids is 1. The van der Waals surface area contributed by atoms with Crippen molar-refractivity contribution in [1.29, 1.82) is 0 Å². The van der Waals surface area contributed by atoms with Crippen LogP contribution in [0.3, 0.4) is 0 Å². The fourth-order valence-electron chi connectivity index (χ4n) is 3.24. The van der Waals surface area contributed by atoms with Crippen molar-refractivity contribution in [3.63, 3.8) is 0 Å². The molecule has 0 spiro atoms. The first-order valence-electron chi connectivity index (χ1n) is 8.86. The predicted octanol–water partition coefficient (Wildman–Crippen LogP) is 2.98. The Balaban J connectivity index is 1.79. The molecule has 1 fully saturated rings. The summed E-state index contributed by atoms with van der Waals surface area (Å²) in [7, 11) is 0. The molecule has 140 valence electrons. The molecule has 0 aliphatic carbocycles. The van der Waals surface area contributed by atoms with Gasteiger partial charge in [-0.15, -0.1) is 0 Å². The molecule has 0 atom stereocenters. The van der Waals surface area contributed by atoms with Crippen molar-refractivity contribution in [3.05, 3.63) is 30.3 Å². The van der Waals surface area contributed by atoms with Crippen molar-refractivity contribution < 1.29 is 24.9 Å². The maximum absolute atomic E-state index is 11.1. The number of carbonyl (C=O) groups is 1. The summed E-state index contributed by atoms with van der Waals surface area (Å²) in [6.07, 6.45) is 1.96. The highest BCUT2D eigenvalue weighted by molar-refractivity contribution is 5.71. The van der Waals surface area contributed by atoms with Gasteiger partial charge in [-0.05, 0) is 43.5 Å². The lowest BCUT2D eigenvalue weighted by Gasteiger charge is -2.31. The number of anilines is 1. The van der Waals surface area contributed by atoms with E-state index in [2.05, 4.69) is 0 Å².